The molecule has 0 aliphatic carbocycles. The van der Waals surface area contributed by atoms with Crippen LogP contribution in [-0.4, -0.2) is 92.8 Å². The highest BCUT2D eigenvalue weighted by atomic mass is 32.2. The van der Waals surface area contributed by atoms with Gasteiger partial charge in [0.2, 0.25) is 6.23 Å². The number of ether oxygens (including phenoxy) is 2. The van der Waals surface area contributed by atoms with Gasteiger partial charge in [-0.15, -0.1) is 11.8 Å². The SMILES string of the molecule is C[C@H]1O[C@]2(CS1)C[N+]1([C@@H]3O[C@H](C(=O)[O-])[C@@H](O)[C@H](O)[C@H]3O)CCC2CC1. The number of aliphatic hydroxyl groups is 3. The van der Waals surface area contributed by atoms with Crippen molar-refractivity contribution in [3.63, 3.8) is 0 Å². The number of fused-ring (bicyclic) bond motifs is 2. The number of thioether (sulfide) groups is 1. The van der Waals surface area contributed by atoms with Gasteiger partial charge in [-0.3, -0.25) is 4.48 Å². The highest BCUT2D eigenvalue weighted by molar-refractivity contribution is 8.00. The molecule has 9 heteroatoms. The van der Waals surface area contributed by atoms with Gasteiger partial charge in [0.25, 0.3) is 0 Å². The van der Waals surface area contributed by atoms with E-state index in [1.54, 1.807) is 11.8 Å². The molecule has 0 aromatic heterocycles. The standard InChI is InChI=1S/C16H25NO7S/c1-8-24-16(7-25-8)6-17(4-2-9(16)3-5-17)14-12(20)10(18)11(19)13(23-14)15(21)22/h8-14,18-20H,2-7H2,1H3/t8-,9?,10-,11-,12+,13-,14+,16-,17?/m0/s1. The van der Waals surface area contributed by atoms with Gasteiger partial charge in [0.05, 0.1) is 19.1 Å². The summed E-state index contributed by atoms with van der Waals surface area (Å²) in [5.74, 6) is -0.251. The maximum absolute atomic E-state index is 11.3. The lowest BCUT2D eigenvalue weighted by Crippen LogP contribution is -2.78. The van der Waals surface area contributed by atoms with E-state index < -0.39 is 36.6 Å². The molecule has 25 heavy (non-hydrogen) atoms. The highest BCUT2D eigenvalue weighted by Crippen LogP contribution is 2.51. The Morgan fingerprint density at radius 2 is 1.88 bits per heavy atom. The summed E-state index contributed by atoms with van der Waals surface area (Å²) in [6, 6.07) is 0. The average Bonchev–Trinajstić information content (AvgIpc) is 2.93. The molecular weight excluding hydrogens is 350 g/mol. The zero-order chi connectivity index (χ0) is 18.0. The van der Waals surface area contributed by atoms with Crippen molar-refractivity contribution in [1.29, 1.82) is 0 Å². The molecule has 0 aromatic carbocycles. The number of carboxylic acids is 1. The predicted molar refractivity (Wildman–Crippen MR) is 85.0 cm³/mol. The molecule has 5 aliphatic heterocycles. The first-order chi connectivity index (χ1) is 11.8. The van der Waals surface area contributed by atoms with E-state index in [0.717, 1.165) is 31.7 Å². The van der Waals surface area contributed by atoms with E-state index >= 15 is 0 Å². The molecular formula is C16H25NO7S. The predicted octanol–water partition coefficient (Wildman–Crippen LogP) is -2.37. The lowest BCUT2D eigenvalue weighted by Gasteiger charge is -2.61. The normalized spacial score (nSPS) is 55.6. The summed E-state index contributed by atoms with van der Waals surface area (Å²) in [5, 5.41) is 41.9. The lowest BCUT2D eigenvalue weighted by atomic mass is 9.73. The number of nitrogens with zero attached hydrogens (tertiary/aromatic N) is 1. The van der Waals surface area contributed by atoms with Crippen LogP contribution in [0.25, 0.3) is 0 Å². The minimum absolute atomic E-state index is 0.112. The number of hydrogen-bond acceptors (Lipinski definition) is 8. The largest absolute Gasteiger partial charge is 0.547 e. The van der Waals surface area contributed by atoms with Crippen LogP contribution < -0.4 is 5.11 Å². The summed E-state index contributed by atoms with van der Waals surface area (Å²) in [5.41, 5.74) is -0.178. The summed E-state index contributed by atoms with van der Waals surface area (Å²) >= 11 is 1.77. The van der Waals surface area contributed by atoms with Crippen molar-refractivity contribution in [2.24, 2.45) is 5.92 Å². The molecule has 0 saturated carbocycles. The van der Waals surface area contributed by atoms with Gasteiger partial charge in [0, 0.05) is 24.5 Å². The Hall–Kier alpha value is -0.420. The van der Waals surface area contributed by atoms with Crippen LogP contribution in [0.5, 0.6) is 0 Å². The Balaban J connectivity index is 1.64. The van der Waals surface area contributed by atoms with Crippen LogP contribution >= 0.6 is 11.8 Å². The number of carboxylic acid groups (broad SMARTS) is 1. The Morgan fingerprint density at radius 3 is 2.44 bits per heavy atom. The second-order valence-corrected chi connectivity index (χ2v) is 9.18. The molecule has 1 spiro atoms. The van der Waals surface area contributed by atoms with Gasteiger partial charge in [-0.2, -0.15) is 0 Å². The molecule has 0 radical (unpaired) electrons. The smallest absolute Gasteiger partial charge is 0.223 e. The molecule has 5 aliphatic rings. The molecule has 3 N–H and O–H groups in total. The fraction of sp³-hybridized carbons (Fsp3) is 0.938. The number of aliphatic hydroxyl groups excluding tert-OH is 3. The fourth-order valence-corrected chi connectivity index (χ4v) is 6.41. The summed E-state index contributed by atoms with van der Waals surface area (Å²) < 4.78 is 12.2. The second kappa shape index (κ2) is 6.05. The van der Waals surface area contributed by atoms with E-state index in [0.29, 0.717) is 16.9 Å². The number of carbonyl (C=O) groups excluding carboxylic acids is 1. The van der Waals surface area contributed by atoms with Crippen LogP contribution in [-0.2, 0) is 14.3 Å². The van der Waals surface area contributed by atoms with Crippen molar-refractivity contribution in [2.45, 2.75) is 61.4 Å². The summed E-state index contributed by atoms with van der Waals surface area (Å²) in [6.07, 6.45) is -5.38. The first-order valence-corrected chi connectivity index (χ1v) is 9.89. The molecule has 5 fully saturated rings. The van der Waals surface area contributed by atoms with Gasteiger partial charge in [0.15, 0.2) is 6.10 Å². The number of quaternary nitrogens is 1. The third-order valence-electron chi connectivity index (χ3n) is 6.50. The molecule has 5 saturated heterocycles. The van der Waals surface area contributed by atoms with E-state index in [-0.39, 0.29) is 11.0 Å². The van der Waals surface area contributed by atoms with Crippen molar-refractivity contribution in [3.05, 3.63) is 0 Å². The minimum atomic E-state index is -1.70. The molecule has 0 amide bonds. The van der Waals surface area contributed by atoms with Crippen molar-refractivity contribution < 1.29 is 39.2 Å². The number of hydrogen-bond donors (Lipinski definition) is 3. The first kappa shape index (κ1) is 18.0. The van der Waals surface area contributed by atoms with Crippen LogP contribution in [0.2, 0.25) is 0 Å². The number of rotatable bonds is 2. The summed E-state index contributed by atoms with van der Waals surface area (Å²) in [7, 11) is 0. The topological polar surface area (TPSA) is 119 Å². The fourth-order valence-electron chi connectivity index (χ4n) is 5.24. The quantitative estimate of drug-likeness (QED) is 0.459. The van der Waals surface area contributed by atoms with Gasteiger partial charge in [-0.05, 0) is 6.92 Å². The molecule has 7 atom stereocenters. The molecule has 8 nitrogen and oxygen atoms in total. The maximum Gasteiger partial charge on any atom is 0.223 e. The Kier molecular flexibility index (Phi) is 4.35. The molecule has 5 rings (SSSR count). The van der Waals surface area contributed by atoms with Gasteiger partial charge < -0.3 is 34.7 Å². The van der Waals surface area contributed by atoms with E-state index in [4.69, 9.17) is 9.47 Å². The number of carbonyl (C=O) groups is 1. The molecule has 142 valence electrons. The van der Waals surface area contributed by atoms with Crippen LogP contribution in [0, 0.1) is 5.92 Å². The second-order valence-electron chi connectivity index (χ2n) is 7.90. The van der Waals surface area contributed by atoms with Crippen LogP contribution in [0.3, 0.4) is 0 Å². The van der Waals surface area contributed by atoms with Crippen LogP contribution in [0.1, 0.15) is 19.8 Å². The molecule has 2 bridgehead atoms. The van der Waals surface area contributed by atoms with Crippen molar-refractivity contribution in [1.82, 2.24) is 0 Å². The Labute approximate surface area is 150 Å². The average molecular weight is 375 g/mol. The van der Waals surface area contributed by atoms with Crippen molar-refractivity contribution >= 4 is 17.7 Å². The van der Waals surface area contributed by atoms with Gasteiger partial charge in [-0.1, -0.05) is 0 Å². The van der Waals surface area contributed by atoms with E-state index in [1.165, 1.54) is 0 Å². The van der Waals surface area contributed by atoms with Gasteiger partial charge in [-0.25, -0.2) is 0 Å². The van der Waals surface area contributed by atoms with Crippen molar-refractivity contribution in [3.8, 4) is 0 Å². The maximum atomic E-state index is 11.3. The van der Waals surface area contributed by atoms with Crippen molar-refractivity contribution in [2.75, 3.05) is 25.4 Å². The lowest BCUT2D eigenvalue weighted by molar-refractivity contribution is -0.996. The van der Waals surface area contributed by atoms with E-state index in [1.807, 2.05) is 6.92 Å². The van der Waals surface area contributed by atoms with Gasteiger partial charge >= 0.3 is 0 Å². The number of piperidine rings is 3. The van der Waals surface area contributed by atoms with E-state index in [2.05, 4.69) is 0 Å². The molecule has 0 aromatic rings. The Morgan fingerprint density at radius 1 is 1.20 bits per heavy atom. The third kappa shape index (κ3) is 2.63. The van der Waals surface area contributed by atoms with E-state index in [9.17, 15) is 25.2 Å². The van der Waals surface area contributed by atoms with Gasteiger partial charge in [0.1, 0.15) is 35.9 Å². The zero-order valence-corrected chi connectivity index (χ0v) is 14.9. The zero-order valence-electron chi connectivity index (χ0n) is 14.1. The first-order valence-electron chi connectivity index (χ1n) is 8.84. The molecule has 0 unspecified atom stereocenters. The van der Waals surface area contributed by atoms with Crippen LogP contribution in [0.4, 0.5) is 0 Å². The summed E-state index contributed by atoms with van der Waals surface area (Å²) in [6.45, 7) is 4.12. The Bertz CT molecular complexity index is 555. The number of aliphatic carboxylic acids is 1. The monoisotopic (exact) mass is 375 g/mol. The molecule has 5 heterocycles. The minimum Gasteiger partial charge on any atom is -0.547 e. The highest BCUT2D eigenvalue weighted by Gasteiger charge is 2.64. The van der Waals surface area contributed by atoms with Crippen LogP contribution in [0.15, 0.2) is 0 Å². The summed E-state index contributed by atoms with van der Waals surface area (Å²) in [4.78, 5) is 11.3. The third-order valence-corrected chi connectivity index (χ3v) is 7.72.